The predicted molar refractivity (Wildman–Crippen MR) is 117 cm³/mol. The summed E-state index contributed by atoms with van der Waals surface area (Å²) in [5.74, 6) is 0. The van der Waals surface area contributed by atoms with Crippen molar-refractivity contribution in [3.05, 3.63) is 70.8 Å². The molecule has 0 saturated carbocycles. The van der Waals surface area contributed by atoms with Crippen molar-refractivity contribution in [1.82, 2.24) is 0 Å². The minimum Gasteiger partial charge on any atom is -0.389 e. The Balaban J connectivity index is 2.11. The van der Waals surface area contributed by atoms with E-state index in [-0.39, 0.29) is 10.8 Å². The van der Waals surface area contributed by atoms with Crippen LogP contribution in [0.5, 0.6) is 0 Å². The summed E-state index contributed by atoms with van der Waals surface area (Å²) >= 11 is 0. The Kier molecular flexibility index (Phi) is 5.12. The minimum atomic E-state index is -0.673. The van der Waals surface area contributed by atoms with Crippen molar-refractivity contribution in [3.63, 3.8) is 0 Å². The fourth-order valence-corrected chi connectivity index (χ4v) is 4.89. The van der Waals surface area contributed by atoms with Gasteiger partial charge >= 0.3 is 0 Å². The predicted octanol–water partition coefficient (Wildman–Crippen LogP) is 6.74. The Morgan fingerprint density at radius 1 is 1.00 bits per heavy atom. The molecule has 1 aliphatic carbocycles. The number of allylic oxidation sites excluding steroid dienone is 1. The first kappa shape index (κ1) is 19.9. The lowest BCUT2D eigenvalue weighted by Crippen LogP contribution is -2.55. The van der Waals surface area contributed by atoms with E-state index < -0.39 is 5.60 Å². The molecule has 0 saturated heterocycles. The number of hydrogen-bond donors (Lipinski definition) is 1. The zero-order valence-corrected chi connectivity index (χ0v) is 17.8. The van der Waals surface area contributed by atoms with Crippen LogP contribution in [0, 0.1) is 0 Å². The molecule has 1 N–H and O–H groups in total. The first-order chi connectivity index (χ1) is 12.6. The second-order valence-corrected chi connectivity index (χ2v) is 9.47. The summed E-state index contributed by atoms with van der Waals surface area (Å²) in [6, 6.07) is 17.3. The van der Waals surface area contributed by atoms with Gasteiger partial charge in [0.05, 0.1) is 5.60 Å². The van der Waals surface area contributed by atoms with Crippen molar-refractivity contribution in [3.8, 4) is 0 Å². The van der Waals surface area contributed by atoms with E-state index in [1.54, 1.807) is 0 Å². The van der Waals surface area contributed by atoms with Gasteiger partial charge in [0.1, 0.15) is 0 Å². The van der Waals surface area contributed by atoms with Crippen molar-refractivity contribution in [2.45, 2.75) is 77.2 Å². The monoisotopic (exact) mass is 362 g/mol. The third-order valence-corrected chi connectivity index (χ3v) is 6.62. The molecule has 2 aromatic carbocycles. The van der Waals surface area contributed by atoms with Crippen molar-refractivity contribution in [2.75, 3.05) is 0 Å². The minimum absolute atomic E-state index is 0.0235. The van der Waals surface area contributed by atoms with Crippen LogP contribution in [0.4, 0.5) is 0 Å². The van der Waals surface area contributed by atoms with Gasteiger partial charge in [0.25, 0.3) is 0 Å². The number of rotatable bonds is 4. The molecule has 1 nitrogen and oxygen atoms in total. The molecule has 1 aliphatic rings. The van der Waals surface area contributed by atoms with Crippen LogP contribution < -0.4 is 0 Å². The Morgan fingerprint density at radius 3 is 2.30 bits per heavy atom. The van der Waals surface area contributed by atoms with E-state index in [0.29, 0.717) is 0 Å². The lowest BCUT2D eigenvalue weighted by Gasteiger charge is -2.53. The summed E-state index contributed by atoms with van der Waals surface area (Å²) in [4.78, 5) is 0. The summed E-state index contributed by atoms with van der Waals surface area (Å²) in [5, 5.41) is 11.6. The summed E-state index contributed by atoms with van der Waals surface area (Å²) < 4.78 is 0. The smallest absolute Gasteiger partial charge is 0.0746 e. The van der Waals surface area contributed by atoms with Crippen LogP contribution >= 0.6 is 0 Å². The molecule has 0 spiro atoms. The first-order valence-electron chi connectivity index (χ1n) is 10.2. The molecular formula is C26H34O. The van der Waals surface area contributed by atoms with Gasteiger partial charge in [-0.1, -0.05) is 95.6 Å². The van der Waals surface area contributed by atoms with E-state index in [2.05, 4.69) is 90.1 Å². The third kappa shape index (κ3) is 3.50. The van der Waals surface area contributed by atoms with Crippen LogP contribution in [0.2, 0.25) is 0 Å². The van der Waals surface area contributed by atoms with Gasteiger partial charge in [0.15, 0.2) is 0 Å². The number of fused-ring (bicyclic) bond motifs is 1. The molecule has 0 fully saturated rings. The second-order valence-electron chi connectivity index (χ2n) is 9.47. The molecule has 1 heteroatoms. The van der Waals surface area contributed by atoms with Crippen molar-refractivity contribution in [2.24, 2.45) is 0 Å². The van der Waals surface area contributed by atoms with Gasteiger partial charge in [-0.15, -0.1) is 0 Å². The summed E-state index contributed by atoms with van der Waals surface area (Å²) in [7, 11) is 0. The molecule has 1 unspecified atom stereocenters. The van der Waals surface area contributed by atoms with Crippen LogP contribution in [0.25, 0.3) is 11.6 Å². The molecule has 0 radical (unpaired) electrons. The Hall–Kier alpha value is -1.86. The van der Waals surface area contributed by atoms with Gasteiger partial charge < -0.3 is 5.11 Å². The zero-order valence-electron chi connectivity index (χ0n) is 17.8. The van der Waals surface area contributed by atoms with Crippen molar-refractivity contribution < 1.29 is 5.11 Å². The third-order valence-electron chi connectivity index (χ3n) is 6.62. The lowest BCUT2D eigenvalue weighted by molar-refractivity contribution is -0.0654. The maximum absolute atomic E-state index is 11.6. The Morgan fingerprint density at radius 2 is 1.67 bits per heavy atom. The molecule has 1 atom stereocenters. The highest BCUT2D eigenvalue weighted by Crippen LogP contribution is 2.53. The van der Waals surface area contributed by atoms with E-state index in [1.807, 2.05) is 6.07 Å². The van der Waals surface area contributed by atoms with Crippen molar-refractivity contribution in [1.29, 1.82) is 0 Å². The highest BCUT2D eigenvalue weighted by atomic mass is 16.3. The lowest BCUT2D eigenvalue weighted by atomic mass is 9.54. The second kappa shape index (κ2) is 6.95. The fourth-order valence-electron chi connectivity index (χ4n) is 4.89. The fraction of sp³-hybridized carbons (Fsp3) is 0.462. The van der Waals surface area contributed by atoms with Gasteiger partial charge in [-0.3, -0.25) is 0 Å². The molecule has 3 rings (SSSR count). The largest absolute Gasteiger partial charge is 0.389 e. The highest BCUT2D eigenvalue weighted by Gasteiger charge is 2.52. The van der Waals surface area contributed by atoms with E-state index >= 15 is 0 Å². The molecule has 0 amide bonds. The van der Waals surface area contributed by atoms with Gasteiger partial charge in [0, 0.05) is 5.41 Å². The maximum Gasteiger partial charge on any atom is 0.0746 e. The van der Waals surface area contributed by atoms with Gasteiger partial charge in [-0.25, -0.2) is 0 Å². The highest BCUT2D eigenvalue weighted by molar-refractivity contribution is 5.80. The zero-order chi connectivity index (χ0) is 19.9. The van der Waals surface area contributed by atoms with Crippen LogP contribution in [-0.2, 0) is 10.8 Å². The molecule has 0 bridgehead atoms. The Bertz CT molecular complexity index is 842. The van der Waals surface area contributed by atoms with E-state index in [1.165, 1.54) is 27.8 Å². The molecular weight excluding hydrogens is 328 g/mol. The SMILES string of the molecule is CCCC1(O)CC(C)(C)c2ccc(C(C)=Cc3ccccc3)cc2C1(C)C. The van der Waals surface area contributed by atoms with Gasteiger partial charge in [-0.05, 0) is 53.0 Å². The van der Waals surface area contributed by atoms with Gasteiger partial charge in [-0.2, -0.15) is 0 Å². The van der Waals surface area contributed by atoms with Crippen LogP contribution in [0.3, 0.4) is 0 Å². The average Bonchev–Trinajstić information content (AvgIpc) is 2.60. The first-order valence-corrected chi connectivity index (χ1v) is 10.2. The number of benzene rings is 2. The summed E-state index contributed by atoms with van der Waals surface area (Å²) in [6.45, 7) is 13.3. The molecule has 27 heavy (non-hydrogen) atoms. The maximum atomic E-state index is 11.6. The van der Waals surface area contributed by atoms with Crippen LogP contribution in [0.15, 0.2) is 48.5 Å². The van der Waals surface area contributed by atoms with Crippen LogP contribution in [0.1, 0.15) is 83.1 Å². The molecule has 0 aliphatic heterocycles. The normalized spacial score (nSPS) is 23.7. The van der Waals surface area contributed by atoms with Crippen LogP contribution in [-0.4, -0.2) is 10.7 Å². The Labute approximate surface area is 165 Å². The number of hydrogen-bond acceptors (Lipinski definition) is 1. The average molecular weight is 363 g/mol. The standard InChI is InChI=1S/C26H34O/c1-7-15-26(27)18-24(3,4)22-14-13-21(17-23(22)25(26,5)6)19(2)16-20-11-9-8-10-12-20/h8-14,16-17,27H,7,15,18H2,1-6H3. The quantitative estimate of drug-likeness (QED) is 0.597. The molecule has 0 heterocycles. The molecule has 0 aromatic heterocycles. The molecule has 2 aromatic rings. The van der Waals surface area contributed by atoms with E-state index in [0.717, 1.165) is 19.3 Å². The van der Waals surface area contributed by atoms with Gasteiger partial charge in [0.2, 0.25) is 0 Å². The van der Waals surface area contributed by atoms with E-state index in [9.17, 15) is 5.11 Å². The summed E-state index contributed by atoms with van der Waals surface area (Å²) in [5.41, 5.74) is 5.42. The topological polar surface area (TPSA) is 20.2 Å². The van der Waals surface area contributed by atoms with Crippen molar-refractivity contribution >= 4 is 11.6 Å². The molecule has 144 valence electrons. The van der Waals surface area contributed by atoms with E-state index in [4.69, 9.17) is 0 Å². The number of aliphatic hydroxyl groups is 1. The summed E-state index contributed by atoms with van der Waals surface area (Å²) in [6.07, 6.45) is 4.89.